The number of rotatable bonds is 2. The maximum Gasteiger partial charge on any atom is 0.264 e. The van der Waals surface area contributed by atoms with Crippen LogP contribution in [0.5, 0.6) is 0 Å². The van der Waals surface area contributed by atoms with Crippen molar-refractivity contribution in [1.82, 2.24) is 4.90 Å². The largest absolute Gasteiger partial charge is 0.337 e. The molecule has 23 heavy (non-hydrogen) atoms. The lowest BCUT2D eigenvalue weighted by molar-refractivity contribution is 0.0771. The average Bonchev–Trinajstić information content (AvgIpc) is 2.82. The summed E-state index contributed by atoms with van der Waals surface area (Å²) in [6, 6.07) is 6.96. The van der Waals surface area contributed by atoms with E-state index in [4.69, 9.17) is 11.6 Å². The molecule has 0 unspecified atom stereocenters. The summed E-state index contributed by atoms with van der Waals surface area (Å²) in [5.74, 6) is -0.199. The van der Waals surface area contributed by atoms with E-state index in [0.717, 1.165) is 12.1 Å². The lowest BCUT2D eigenvalue weighted by Gasteiger charge is -2.19. The normalized spacial score (nSPS) is 18.7. The van der Waals surface area contributed by atoms with E-state index in [9.17, 15) is 13.6 Å². The van der Waals surface area contributed by atoms with Gasteiger partial charge in [-0.25, -0.2) is 8.78 Å². The van der Waals surface area contributed by atoms with Gasteiger partial charge in [-0.05, 0) is 36.8 Å². The summed E-state index contributed by atoms with van der Waals surface area (Å²) in [6.45, 7) is 1.11. The first-order chi connectivity index (χ1) is 11.0. The molecule has 1 aliphatic heterocycles. The Morgan fingerprint density at radius 2 is 2.04 bits per heavy atom. The van der Waals surface area contributed by atoms with Crippen molar-refractivity contribution < 1.29 is 13.6 Å². The van der Waals surface area contributed by atoms with E-state index in [1.807, 2.05) is 0 Å². The molecule has 3 rings (SSSR count). The molecule has 0 N–H and O–H groups in total. The summed E-state index contributed by atoms with van der Waals surface area (Å²) in [6.07, 6.45) is 0.593. The van der Waals surface area contributed by atoms with Crippen molar-refractivity contribution >= 4 is 40.6 Å². The SMILES string of the molecule is O=C(c1ccc(Cl)s1)N1CCS[C@H](c2cc(F)ccc2F)CC1. The van der Waals surface area contributed by atoms with Gasteiger partial charge in [0.2, 0.25) is 0 Å². The Bertz CT molecular complexity index is 722. The summed E-state index contributed by atoms with van der Waals surface area (Å²) in [5.41, 5.74) is 0.378. The van der Waals surface area contributed by atoms with Gasteiger partial charge in [0, 0.05) is 29.7 Å². The van der Waals surface area contributed by atoms with Gasteiger partial charge in [-0.3, -0.25) is 4.79 Å². The van der Waals surface area contributed by atoms with E-state index in [2.05, 4.69) is 0 Å². The lowest BCUT2D eigenvalue weighted by atomic mass is 10.1. The first-order valence-electron chi connectivity index (χ1n) is 7.16. The summed E-state index contributed by atoms with van der Waals surface area (Å²) >= 11 is 8.69. The van der Waals surface area contributed by atoms with Crippen LogP contribution in [0.15, 0.2) is 30.3 Å². The number of benzene rings is 1. The van der Waals surface area contributed by atoms with Gasteiger partial charge in [-0.15, -0.1) is 11.3 Å². The highest BCUT2D eigenvalue weighted by molar-refractivity contribution is 7.99. The number of nitrogens with zero attached hydrogens (tertiary/aromatic N) is 1. The highest BCUT2D eigenvalue weighted by Crippen LogP contribution is 2.36. The lowest BCUT2D eigenvalue weighted by Crippen LogP contribution is -2.32. The van der Waals surface area contributed by atoms with Crippen molar-refractivity contribution in [2.45, 2.75) is 11.7 Å². The Hall–Kier alpha value is -1.11. The fourth-order valence-electron chi connectivity index (χ4n) is 2.57. The van der Waals surface area contributed by atoms with E-state index in [1.54, 1.807) is 28.8 Å². The van der Waals surface area contributed by atoms with Crippen molar-refractivity contribution in [2.75, 3.05) is 18.8 Å². The molecule has 1 aromatic carbocycles. The minimum absolute atomic E-state index is 0.0529. The van der Waals surface area contributed by atoms with Crippen LogP contribution in [0.1, 0.15) is 26.9 Å². The van der Waals surface area contributed by atoms with Crippen LogP contribution >= 0.6 is 34.7 Å². The molecule has 122 valence electrons. The molecule has 1 aliphatic rings. The van der Waals surface area contributed by atoms with Crippen molar-refractivity contribution in [3.8, 4) is 0 Å². The molecule has 1 atom stereocenters. The van der Waals surface area contributed by atoms with E-state index in [0.29, 0.717) is 40.0 Å². The number of carbonyl (C=O) groups is 1. The summed E-state index contributed by atoms with van der Waals surface area (Å²) in [5, 5.41) is -0.143. The second-order valence-electron chi connectivity index (χ2n) is 5.21. The van der Waals surface area contributed by atoms with Crippen molar-refractivity contribution in [1.29, 1.82) is 0 Å². The molecule has 2 nitrogen and oxygen atoms in total. The van der Waals surface area contributed by atoms with Crippen LogP contribution in [-0.2, 0) is 0 Å². The number of hydrogen-bond acceptors (Lipinski definition) is 3. The number of amides is 1. The topological polar surface area (TPSA) is 20.3 Å². The molecule has 0 aliphatic carbocycles. The van der Waals surface area contributed by atoms with E-state index < -0.39 is 11.6 Å². The van der Waals surface area contributed by atoms with Gasteiger partial charge < -0.3 is 4.90 Å². The number of carbonyl (C=O) groups excluding carboxylic acids is 1. The molecule has 0 bridgehead atoms. The Morgan fingerprint density at radius 1 is 1.22 bits per heavy atom. The van der Waals surface area contributed by atoms with Crippen LogP contribution < -0.4 is 0 Å². The van der Waals surface area contributed by atoms with Crippen LogP contribution in [-0.4, -0.2) is 29.6 Å². The quantitative estimate of drug-likeness (QED) is 0.738. The minimum Gasteiger partial charge on any atom is -0.337 e. The predicted octanol–water partition coefficient (Wildman–Crippen LogP) is 5.00. The molecule has 2 aromatic rings. The zero-order valence-corrected chi connectivity index (χ0v) is 14.5. The first-order valence-corrected chi connectivity index (χ1v) is 9.40. The van der Waals surface area contributed by atoms with Gasteiger partial charge in [-0.2, -0.15) is 11.8 Å². The maximum atomic E-state index is 13.9. The third-order valence-electron chi connectivity index (χ3n) is 3.72. The van der Waals surface area contributed by atoms with Crippen molar-refractivity contribution in [3.63, 3.8) is 0 Å². The van der Waals surface area contributed by atoms with E-state index in [1.165, 1.54) is 17.4 Å². The third-order valence-corrected chi connectivity index (χ3v) is 6.25. The summed E-state index contributed by atoms with van der Waals surface area (Å²) in [4.78, 5) is 14.8. The number of halogens is 3. The minimum atomic E-state index is -0.438. The molecule has 2 heterocycles. The number of thiophene rings is 1. The molecule has 0 spiro atoms. The van der Waals surface area contributed by atoms with Crippen LogP contribution in [0.2, 0.25) is 4.34 Å². The van der Waals surface area contributed by atoms with Crippen LogP contribution in [0.4, 0.5) is 8.78 Å². The smallest absolute Gasteiger partial charge is 0.264 e. The van der Waals surface area contributed by atoms with E-state index in [-0.39, 0.29) is 11.2 Å². The molecule has 1 saturated heterocycles. The molecule has 1 amide bonds. The summed E-state index contributed by atoms with van der Waals surface area (Å²) in [7, 11) is 0. The average molecular weight is 374 g/mol. The van der Waals surface area contributed by atoms with Crippen LogP contribution in [0.3, 0.4) is 0 Å². The van der Waals surface area contributed by atoms with Crippen LogP contribution in [0.25, 0.3) is 0 Å². The maximum absolute atomic E-state index is 13.9. The van der Waals surface area contributed by atoms with Crippen LogP contribution in [0, 0.1) is 11.6 Å². The number of hydrogen-bond donors (Lipinski definition) is 0. The van der Waals surface area contributed by atoms with Gasteiger partial charge in [-0.1, -0.05) is 11.6 Å². The molecule has 0 saturated carbocycles. The highest BCUT2D eigenvalue weighted by atomic mass is 35.5. The molecular formula is C16H14ClF2NOS2. The highest BCUT2D eigenvalue weighted by Gasteiger charge is 2.25. The standard InChI is InChI=1S/C16H14ClF2NOS2/c17-15-4-3-14(23-15)16(21)20-6-5-13(22-8-7-20)11-9-10(18)1-2-12(11)19/h1-4,9,13H,5-8H2/t13-/m0/s1. The summed E-state index contributed by atoms with van der Waals surface area (Å²) < 4.78 is 27.9. The monoisotopic (exact) mass is 373 g/mol. The Morgan fingerprint density at radius 3 is 2.78 bits per heavy atom. The zero-order valence-electron chi connectivity index (χ0n) is 12.1. The molecule has 0 radical (unpaired) electrons. The predicted molar refractivity (Wildman–Crippen MR) is 91.4 cm³/mol. The van der Waals surface area contributed by atoms with Gasteiger partial charge in [0.1, 0.15) is 11.6 Å². The molecule has 1 aromatic heterocycles. The second-order valence-corrected chi connectivity index (χ2v) is 8.24. The Kier molecular flexibility index (Phi) is 5.24. The van der Waals surface area contributed by atoms with Gasteiger partial charge in [0.15, 0.2) is 0 Å². The second kappa shape index (κ2) is 7.20. The molecule has 7 heteroatoms. The third kappa shape index (κ3) is 3.87. The van der Waals surface area contributed by atoms with Gasteiger partial charge >= 0.3 is 0 Å². The Labute approximate surface area is 146 Å². The van der Waals surface area contributed by atoms with Gasteiger partial charge in [0.05, 0.1) is 9.21 Å². The molecule has 1 fully saturated rings. The number of thioether (sulfide) groups is 1. The fourth-order valence-corrected chi connectivity index (χ4v) is 4.82. The zero-order chi connectivity index (χ0) is 16.4. The van der Waals surface area contributed by atoms with Crippen molar-refractivity contribution in [3.05, 3.63) is 56.7 Å². The van der Waals surface area contributed by atoms with Gasteiger partial charge in [0.25, 0.3) is 5.91 Å². The van der Waals surface area contributed by atoms with Crippen molar-refractivity contribution in [2.24, 2.45) is 0 Å². The first kappa shape index (κ1) is 16.7. The Balaban J connectivity index is 1.72. The van der Waals surface area contributed by atoms with E-state index >= 15 is 0 Å². The molecular weight excluding hydrogens is 360 g/mol. The fraction of sp³-hybridized carbons (Fsp3) is 0.312.